The molecule has 2 heteroatoms. The molecule has 0 unspecified atom stereocenters. The van der Waals surface area contributed by atoms with Crippen molar-refractivity contribution in [3.05, 3.63) is 71.4 Å². The molecule has 0 aliphatic carbocycles. The fourth-order valence-corrected chi connectivity index (χ4v) is 5.23. The van der Waals surface area contributed by atoms with Crippen molar-refractivity contribution in [1.29, 1.82) is 0 Å². The maximum absolute atomic E-state index is 2.58. The van der Waals surface area contributed by atoms with Gasteiger partial charge in [-0.25, -0.2) is 0 Å². The molecule has 0 N–H and O–H groups in total. The van der Waals surface area contributed by atoms with Crippen LogP contribution in [-0.4, -0.2) is 23.4 Å². The van der Waals surface area contributed by atoms with Gasteiger partial charge in [0.1, 0.15) is 6.54 Å². The number of rotatable bonds is 5. The number of likely N-dealkylation sites (N-methyl/N-ethyl adjacent to an activating group) is 1. The molecule has 152 valence electrons. The second-order valence-corrected chi connectivity index (χ2v) is 9.45. The number of allylic oxidation sites excluding steroid dienone is 2. The van der Waals surface area contributed by atoms with Crippen LogP contribution < -0.4 is 4.90 Å². The van der Waals surface area contributed by atoms with Crippen molar-refractivity contribution in [3.8, 4) is 0 Å². The van der Waals surface area contributed by atoms with Crippen LogP contribution in [0.15, 0.2) is 60.3 Å². The molecule has 0 atom stereocenters. The molecule has 0 radical (unpaired) electrons. The van der Waals surface area contributed by atoms with Crippen LogP contribution in [0.25, 0.3) is 0 Å². The van der Waals surface area contributed by atoms with E-state index in [4.69, 9.17) is 0 Å². The summed E-state index contributed by atoms with van der Waals surface area (Å²) in [7, 11) is 0. The first kappa shape index (κ1) is 19.9. The summed E-state index contributed by atoms with van der Waals surface area (Å²) in [5.74, 6) is 0. The number of hydrogen-bond donors (Lipinski definition) is 0. The molecule has 2 nitrogen and oxygen atoms in total. The molecular weight excluding hydrogens is 352 g/mol. The predicted molar refractivity (Wildman–Crippen MR) is 125 cm³/mol. The zero-order valence-electron chi connectivity index (χ0n) is 18.9. The van der Waals surface area contributed by atoms with Gasteiger partial charge in [-0.05, 0) is 32.4 Å². The summed E-state index contributed by atoms with van der Waals surface area (Å²) in [6.45, 7) is 16.1. The molecule has 0 spiro atoms. The smallest absolute Gasteiger partial charge is 0.209 e. The van der Waals surface area contributed by atoms with Crippen LogP contribution in [0.3, 0.4) is 0 Å². The molecule has 0 saturated carbocycles. The summed E-state index contributed by atoms with van der Waals surface area (Å²) >= 11 is 0. The molecule has 0 amide bonds. The molecule has 0 fully saturated rings. The third kappa shape index (κ3) is 2.96. The second kappa shape index (κ2) is 7.16. The zero-order valence-corrected chi connectivity index (χ0v) is 18.9. The van der Waals surface area contributed by atoms with Crippen molar-refractivity contribution in [3.63, 3.8) is 0 Å². The highest BCUT2D eigenvalue weighted by molar-refractivity contribution is 6.04. The SMILES string of the molecule is CCCC[N+]1=C(C=C2N(CC)c3ccccc3C2(C)C)C(C)(C)c2ccccc21. The van der Waals surface area contributed by atoms with Gasteiger partial charge in [0.2, 0.25) is 5.69 Å². The predicted octanol–water partition coefficient (Wildman–Crippen LogP) is 6.56. The minimum Gasteiger partial charge on any atom is -0.344 e. The van der Waals surface area contributed by atoms with Gasteiger partial charge in [-0.2, -0.15) is 4.58 Å². The first-order valence-corrected chi connectivity index (χ1v) is 11.2. The average molecular weight is 388 g/mol. The van der Waals surface area contributed by atoms with E-state index in [-0.39, 0.29) is 10.8 Å². The van der Waals surface area contributed by atoms with Crippen LogP contribution in [0.4, 0.5) is 11.4 Å². The van der Waals surface area contributed by atoms with Crippen LogP contribution >= 0.6 is 0 Å². The first-order chi connectivity index (χ1) is 13.8. The van der Waals surface area contributed by atoms with Crippen molar-refractivity contribution < 1.29 is 4.58 Å². The van der Waals surface area contributed by atoms with Crippen molar-refractivity contribution in [2.45, 2.75) is 65.2 Å². The quantitative estimate of drug-likeness (QED) is 0.526. The van der Waals surface area contributed by atoms with Crippen molar-refractivity contribution in [2.24, 2.45) is 0 Å². The summed E-state index contributed by atoms with van der Waals surface area (Å²) in [5, 5.41) is 0. The molecule has 0 bridgehead atoms. The Hall–Kier alpha value is -2.35. The number of para-hydroxylation sites is 2. The van der Waals surface area contributed by atoms with E-state index in [1.54, 1.807) is 0 Å². The number of benzene rings is 2. The van der Waals surface area contributed by atoms with E-state index in [1.165, 1.54) is 46.8 Å². The van der Waals surface area contributed by atoms with Crippen LogP contribution in [0.5, 0.6) is 0 Å². The van der Waals surface area contributed by atoms with Gasteiger partial charge < -0.3 is 4.90 Å². The topological polar surface area (TPSA) is 6.25 Å². The lowest BCUT2D eigenvalue weighted by Crippen LogP contribution is -2.33. The molecule has 4 rings (SSSR count). The molecular formula is C27H35N2+. The van der Waals surface area contributed by atoms with E-state index in [0.29, 0.717) is 0 Å². The van der Waals surface area contributed by atoms with Gasteiger partial charge in [0, 0.05) is 47.5 Å². The Morgan fingerprint density at radius 2 is 1.52 bits per heavy atom. The lowest BCUT2D eigenvalue weighted by molar-refractivity contribution is -0.438. The highest BCUT2D eigenvalue weighted by atomic mass is 15.2. The van der Waals surface area contributed by atoms with Crippen LogP contribution in [0, 0.1) is 0 Å². The molecule has 29 heavy (non-hydrogen) atoms. The fourth-order valence-electron chi connectivity index (χ4n) is 5.23. The lowest BCUT2D eigenvalue weighted by Gasteiger charge is -2.27. The van der Waals surface area contributed by atoms with E-state index >= 15 is 0 Å². The normalized spacial score (nSPS) is 20.3. The van der Waals surface area contributed by atoms with E-state index < -0.39 is 0 Å². The first-order valence-electron chi connectivity index (χ1n) is 11.2. The minimum absolute atomic E-state index is 0.000877. The Balaban J connectivity index is 1.92. The minimum atomic E-state index is 0.000877. The van der Waals surface area contributed by atoms with Gasteiger partial charge in [0.05, 0.1) is 5.41 Å². The number of hydrogen-bond acceptors (Lipinski definition) is 1. The van der Waals surface area contributed by atoms with Crippen molar-refractivity contribution in [2.75, 3.05) is 18.0 Å². The summed E-state index contributed by atoms with van der Waals surface area (Å²) in [5.41, 5.74) is 8.47. The Bertz CT molecular complexity index is 991. The fraction of sp³-hybridized carbons (Fsp3) is 0.444. The summed E-state index contributed by atoms with van der Waals surface area (Å²) < 4.78 is 2.58. The maximum atomic E-state index is 2.58. The molecule has 2 aliphatic rings. The number of fused-ring (bicyclic) bond motifs is 2. The number of anilines is 1. The number of nitrogens with zero attached hydrogens (tertiary/aromatic N) is 2. The van der Waals surface area contributed by atoms with Crippen LogP contribution in [0.1, 0.15) is 65.5 Å². The zero-order chi connectivity index (χ0) is 20.8. The largest absolute Gasteiger partial charge is 0.344 e. The molecule has 0 saturated heterocycles. The molecule has 0 aromatic heterocycles. The average Bonchev–Trinajstić information content (AvgIpc) is 3.06. The summed E-state index contributed by atoms with van der Waals surface area (Å²) in [4.78, 5) is 2.51. The summed E-state index contributed by atoms with van der Waals surface area (Å²) in [6, 6.07) is 17.9. The monoisotopic (exact) mass is 387 g/mol. The third-order valence-corrected chi connectivity index (χ3v) is 6.92. The highest BCUT2D eigenvalue weighted by Crippen LogP contribution is 2.49. The third-order valence-electron chi connectivity index (χ3n) is 6.92. The van der Waals surface area contributed by atoms with Crippen molar-refractivity contribution in [1.82, 2.24) is 0 Å². The van der Waals surface area contributed by atoms with E-state index in [9.17, 15) is 0 Å². The van der Waals surface area contributed by atoms with Crippen molar-refractivity contribution >= 4 is 17.1 Å². The Labute approximate surface area is 176 Å². The lowest BCUT2D eigenvalue weighted by atomic mass is 9.78. The Morgan fingerprint density at radius 1 is 0.862 bits per heavy atom. The molecule has 2 heterocycles. The van der Waals surface area contributed by atoms with Gasteiger partial charge in [-0.15, -0.1) is 0 Å². The molecule has 2 aromatic carbocycles. The Morgan fingerprint density at radius 3 is 2.21 bits per heavy atom. The summed E-state index contributed by atoms with van der Waals surface area (Å²) in [6.07, 6.45) is 4.93. The van der Waals surface area contributed by atoms with Gasteiger partial charge in [-0.1, -0.05) is 63.6 Å². The Kier molecular flexibility index (Phi) is 4.93. The van der Waals surface area contributed by atoms with E-state index in [1.807, 2.05) is 0 Å². The molecule has 2 aromatic rings. The molecule has 2 aliphatic heterocycles. The van der Waals surface area contributed by atoms with Gasteiger partial charge >= 0.3 is 0 Å². The standard InChI is InChI=1S/C27H35N2/c1-7-9-18-29-23-17-13-11-15-21(23)27(5,6)25(29)19-24-26(3,4)20-14-10-12-16-22(20)28(24)8-2/h10-17,19H,7-9,18H2,1-6H3/q+1. The van der Waals surface area contributed by atoms with E-state index in [2.05, 4.69) is 106 Å². The second-order valence-electron chi connectivity index (χ2n) is 9.45. The maximum Gasteiger partial charge on any atom is 0.209 e. The van der Waals surface area contributed by atoms with Gasteiger partial charge in [0.15, 0.2) is 5.71 Å². The highest BCUT2D eigenvalue weighted by Gasteiger charge is 2.47. The van der Waals surface area contributed by atoms with Gasteiger partial charge in [-0.3, -0.25) is 0 Å². The number of unbranched alkanes of at least 4 members (excludes halogenated alkanes) is 1. The van der Waals surface area contributed by atoms with Gasteiger partial charge in [0.25, 0.3) is 0 Å². The van der Waals surface area contributed by atoms with Crippen LogP contribution in [0.2, 0.25) is 0 Å². The van der Waals surface area contributed by atoms with E-state index in [0.717, 1.165) is 13.1 Å². The van der Waals surface area contributed by atoms with Crippen LogP contribution in [-0.2, 0) is 10.8 Å².